The van der Waals surface area contributed by atoms with Crippen LogP contribution in [0.15, 0.2) is 24.3 Å². The van der Waals surface area contributed by atoms with Gasteiger partial charge in [-0.2, -0.15) is 0 Å². The van der Waals surface area contributed by atoms with Crippen LogP contribution in [0.1, 0.15) is 26.7 Å². The molecule has 0 bridgehead atoms. The molecule has 5 nitrogen and oxygen atoms in total. The molecule has 1 rings (SSSR count). The number of rotatable bonds is 6. The molecule has 21 heavy (non-hydrogen) atoms. The standard InChI is InChI=1S/C14H20FN3O2.ClH/c1-3-8-14(2,16)13(20)17-9-12(19)18-11-6-4-10(15)5-7-11;/h4-7H,3,8-9,16H2,1-2H3,(H,17,20)(H,18,19);1H. The molecule has 118 valence electrons. The number of nitrogens with one attached hydrogen (secondary N) is 2. The van der Waals surface area contributed by atoms with Gasteiger partial charge in [-0.25, -0.2) is 4.39 Å². The van der Waals surface area contributed by atoms with E-state index in [-0.39, 0.29) is 30.7 Å². The monoisotopic (exact) mass is 317 g/mol. The van der Waals surface area contributed by atoms with Crippen molar-refractivity contribution in [1.82, 2.24) is 5.32 Å². The third-order valence-corrected chi connectivity index (χ3v) is 2.83. The molecule has 1 atom stereocenters. The van der Waals surface area contributed by atoms with Crippen molar-refractivity contribution >= 4 is 29.9 Å². The molecular formula is C14H21ClFN3O2. The molecule has 0 saturated carbocycles. The SMILES string of the molecule is CCCC(C)(N)C(=O)NCC(=O)Nc1ccc(F)cc1.Cl. The van der Waals surface area contributed by atoms with Gasteiger partial charge in [-0.3, -0.25) is 9.59 Å². The first-order valence-corrected chi connectivity index (χ1v) is 6.48. The minimum absolute atomic E-state index is 0. The van der Waals surface area contributed by atoms with E-state index in [4.69, 9.17) is 5.73 Å². The Hall–Kier alpha value is -1.66. The Morgan fingerprint density at radius 1 is 1.29 bits per heavy atom. The second-order valence-electron chi connectivity index (χ2n) is 4.91. The zero-order valence-corrected chi connectivity index (χ0v) is 12.9. The normalized spacial score (nSPS) is 12.8. The van der Waals surface area contributed by atoms with Crippen molar-refractivity contribution in [3.63, 3.8) is 0 Å². The minimum atomic E-state index is -0.981. The smallest absolute Gasteiger partial charge is 0.243 e. The predicted octanol–water partition coefficient (Wildman–Crippen LogP) is 1.82. The molecule has 0 fully saturated rings. The fraction of sp³-hybridized carbons (Fsp3) is 0.429. The Labute approximate surface area is 129 Å². The van der Waals surface area contributed by atoms with Gasteiger partial charge in [-0.05, 0) is 37.6 Å². The second kappa shape index (κ2) is 8.59. The molecule has 0 aliphatic heterocycles. The first-order chi connectivity index (χ1) is 9.35. The van der Waals surface area contributed by atoms with E-state index < -0.39 is 11.4 Å². The van der Waals surface area contributed by atoms with Gasteiger partial charge in [0.1, 0.15) is 5.82 Å². The van der Waals surface area contributed by atoms with E-state index >= 15 is 0 Å². The highest BCUT2D eigenvalue weighted by atomic mass is 35.5. The lowest BCUT2D eigenvalue weighted by molar-refractivity contribution is -0.128. The van der Waals surface area contributed by atoms with E-state index in [0.29, 0.717) is 12.1 Å². The van der Waals surface area contributed by atoms with Crippen molar-refractivity contribution in [2.75, 3.05) is 11.9 Å². The van der Waals surface area contributed by atoms with Crippen LogP contribution in [0.4, 0.5) is 10.1 Å². The molecule has 1 aromatic rings. The second-order valence-corrected chi connectivity index (χ2v) is 4.91. The van der Waals surface area contributed by atoms with Crippen LogP contribution in [0.5, 0.6) is 0 Å². The molecule has 0 aliphatic carbocycles. The highest BCUT2D eigenvalue weighted by Gasteiger charge is 2.27. The van der Waals surface area contributed by atoms with Crippen molar-refractivity contribution in [2.45, 2.75) is 32.2 Å². The molecule has 1 unspecified atom stereocenters. The lowest BCUT2D eigenvalue weighted by Gasteiger charge is -2.22. The molecule has 1 aromatic carbocycles. The van der Waals surface area contributed by atoms with Gasteiger partial charge in [0.15, 0.2) is 0 Å². The Bertz CT molecular complexity index is 478. The maximum atomic E-state index is 12.7. The maximum absolute atomic E-state index is 12.7. The summed E-state index contributed by atoms with van der Waals surface area (Å²) in [6, 6.07) is 5.37. The van der Waals surface area contributed by atoms with Gasteiger partial charge >= 0.3 is 0 Å². The number of carbonyl (C=O) groups is 2. The fourth-order valence-corrected chi connectivity index (χ4v) is 1.73. The third kappa shape index (κ3) is 6.55. The van der Waals surface area contributed by atoms with Gasteiger partial charge in [0.05, 0.1) is 12.1 Å². The van der Waals surface area contributed by atoms with Gasteiger partial charge in [-0.1, -0.05) is 13.3 Å². The van der Waals surface area contributed by atoms with Crippen molar-refractivity contribution < 1.29 is 14.0 Å². The van der Waals surface area contributed by atoms with Crippen molar-refractivity contribution in [2.24, 2.45) is 5.73 Å². The Morgan fingerprint density at radius 3 is 2.38 bits per heavy atom. The number of carbonyl (C=O) groups excluding carboxylic acids is 2. The van der Waals surface area contributed by atoms with Gasteiger partial charge in [-0.15, -0.1) is 12.4 Å². The van der Waals surface area contributed by atoms with Crippen molar-refractivity contribution in [3.8, 4) is 0 Å². The molecule has 0 spiro atoms. The summed E-state index contributed by atoms with van der Waals surface area (Å²) in [5.74, 6) is -1.14. The number of halogens is 2. The topological polar surface area (TPSA) is 84.2 Å². The number of hydrogen-bond acceptors (Lipinski definition) is 3. The Balaban J connectivity index is 0.00000400. The van der Waals surface area contributed by atoms with Crippen LogP contribution in [-0.4, -0.2) is 23.9 Å². The van der Waals surface area contributed by atoms with E-state index in [1.807, 2.05) is 6.92 Å². The van der Waals surface area contributed by atoms with Crippen molar-refractivity contribution in [1.29, 1.82) is 0 Å². The van der Waals surface area contributed by atoms with Gasteiger partial charge in [0.25, 0.3) is 0 Å². The van der Waals surface area contributed by atoms with E-state index in [2.05, 4.69) is 10.6 Å². The maximum Gasteiger partial charge on any atom is 0.243 e. The number of nitrogens with two attached hydrogens (primary N) is 1. The Morgan fingerprint density at radius 2 is 1.86 bits per heavy atom. The quantitative estimate of drug-likeness (QED) is 0.748. The number of amides is 2. The van der Waals surface area contributed by atoms with Crippen LogP contribution in [0.2, 0.25) is 0 Å². The van der Waals surface area contributed by atoms with E-state index in [0.717, 1.165) is 6.42 Å². The summed E-state index contributed by atoms with van der Waals surface area (Å²) in [7, 11) is 0. The lowest BCUT2D eigenvalue weighted by Crippen LogP contribution is -2.52. The summed E-state index contributed by atoms with van der Waals surface area (Å²) in [6.07, 6.45) is 1.32. The van der Waals surface area contributed by atoms with Gasteiger partial charge in [0, 0.05) is 5.69 Å². The van der Waals surface area contributed by atoms with Crippen molar-refractivity contribution in [3.05, 3.63) is 30.1 Å². The summed E-state index contributed by atoms with van der Waals surface area (Å²) in [5.41, 5.74) is 5.33. The number of anilines is 1. The van der Waals surface area contributed by atoms with Crippen LogP contribution < -0.4 is 16.4 Å². The highest BCUT2D eigenvalue weighted by Crippen LogP contribution is 2.09. The average Bonchev–Trinajstić information content (AvgIpc) is 2.38. The predicted molar refractivity (Wildman–Crippen MR) is 82.8 cm³/mol. The summed E-state index contributed by atoms with van der Waals surface area (Å²) in [4.78, 5) is 23.4. The molecule has 0 saturated heterocycles. The molecule has 4 N–H and O–H groups in total. The molecule has 0 aliphatic rings. The summed E-state index contributed by atoms with van der Waals surface area (Å²) in [6.45, 7) is 3.38. The van der Waals surface area contributed by atoms with E-state index in [1.54, 1.807) is 6.92 Å². The minimum Gasteiger partial charge on any atom is -0.345 e. The molecule has 7 heteroatoms. The summed E-state index contributed by atoms with van der Waals surface area (Å²) < 4.78 is 12.7. The van der Waals surface area contributed by atoms with Crippen LogP contribution >= 0.6 is 12.4 Å². The first kappa shape index (κ1) is 19.3. The van der Waals surface area contributed by atoms with Crippen LogP contribution in [0.3, 0.4) is 0 Å². The number of benzene rings is 1. The largest absolute Gasteiger partial charge is 0.345 e. The average molecular weight is 318 g/mol. The van der Waals surface area contributed by atoms with Crippen LogP contribution in [0.25, 0.3) is 0 Å². The zero-order chi connectivity index (χ0) is 15.2. The zero-order valence-electron chi connectivity index (χ0n) is 12.1. The van der Waals surface area contributed by atoms with Gasteiger partial charge < -0.3 is 16.4 Å². The summed E-state index contributed by atoms with van der Waals surface area (Å²) >= 11 is 0. The molecule has 0 heterocycles. The molecule has 0 aromatic heterocycles. The highest BCUT2D eigenvalue weighted by molar-refractivity contribution is 5.96. The molecular weight excluding hydrogens is 297 g/mol. The lowest BCUT2D eigenvalue weighted by atomic mass is 9.96. The van der Waals surface area contributed by atoms with E-state index in [9.17, 15) is 14.0 Å². The van der Waals surface area contributed by atoms with Crippen LogP contribution in [-0.2, 0) is 9.59 Å². The molecule has 0 radical (unpaired) electrons. The number of hydrogen-bond donors (Lipinski definition) is 3. The van der Waals surface area contributed by atoms with Crippen LogP contribution in [0, 0.1) is 5.82 Å². The third-order valence-electron chi connectivity index (χ3n) is 2.83. The fourth-order valence-electron chi connectivity index (χ4n) is 1.73. The summed E-state index contributed by atoms with van der Waals surface area (Å²) in [5, 5.41) is 5.04. The van der Waals surface area contributed by atoms with E-state index in [1.165, 1.54) is 24.3 Å². The first-order valence-electron chi connectivity index (χ1n) is 6.48. The van der Waals surface area contributed by atoms with Gasteiger partial charge in [0.2, 0.25) is 11.8 Å². The molecule has 2 amide bonds. The Kier molecular flexibility index (Phi) is 7.91.